The zero-order chi connectivity index (χ0) is 22.5. The van der Waals surface area contributed by atoms with Gasteiger partial charge in [-0.25, -0.2) is 0 Å². The molecule has 3 amide bonds. The highest BCUT2D eigenvalue weighted by Gasteiger charge is 2.42. The summed E-state index contributed by atoms with van der Waals surface area (Å²) >= 11 is 6.12. The van der Waals surface area contributed by atoms with Crippen LogP contribution >= 0.6 is 11.6 Å². The van der Waals surface area contributed by atoms with Gasteiger partial charge in [-0.2, -0.15) is 0 Å². The Morgan fingerprint density at radius 3 is 2.61 bits per heavy atom. The normalized spacial score (nSPS) is 18.4. The van der Waals surface area contributed by atoms with Crippen LogP contribution < -0.4 is 10.6 Å². The predicted molar refractivity (Wildman–Crippen MR) is 121 cm³/mol. The predicted octanol–water partition coefficient (Wildman–Crippen LogP) is 4.16. The number of benzene rings is 2. The number of likely N-dealkylation sites (tertiary alicyclic amines) is 1. The van der Waals surface area contributed by atoms with E-state index in [-0.39, 0.29) is 36.1 Å². The Kier molecular flexibility index (Phi) is 7.33. The van der Waals surface area contributed by atoms with Crippen molar-refractivity contribution in [2.75, 3.05) is 12.4 Å². The number of hydrogen-bond donors (Lipinski definition) is 2. The molecule has 2 unspecified atom stereocenters. The minimum Gasteiger partial charge on any atom is -0.352 e. The number of rotatable bonds is 7. The van der Waals surface area contributed by atoms with E-state index in [0.717, 1.165) is 11.1 Å². The molecule has 2 aromatic carbocycles. The van der Waals surface area contributed by atoms with Gasteiger partial charge in [-0.05, 0) is 41.3 Å². The van der Waals surface area contributed by atoms with E-state index in [1.165, 1.54) is 0 Å². The molecule has 1 aliphatic rings. The van der Waals surface area contributed by atoms with Gasteiger partial charge < -0.3 is 15.5 Å². The monoisotopic (exact) mass is 441 g/mol. The zero-order valence-corrected chi connectivity index (χ0v) is 18.8. The average Bonchev–Trinajstić information content (AvgIpc) is 3.00. The molecule has 6 nitrogen and oxygen atoms in total. The van der Waals surface area contributed by atoms with Gasteiger partial charge in [0.2, 0.25) is 17.7 Å². The van der Waals surface area contributed by atoms with Crippen molar-refractivity contribution in [1.82, 2.24) is 10.2 Å². The maximum atomic E-state index is 13.0. The molecule has 0 aromatic heterocycles. The first-order valence-electron chi connectivity index (χ1n) is 10.4. The van der Waals surface area contributed by atoms with Crippen LogP contribution in [0.3, 0.4) is 0 Å². The van der Waals surface area contributed by atoms with Crippen molar-refractivity contribution in [1.29, 1.82) is 0 Å². The summed E-state index contributed by atoms with van der Waals surface area (Å²) in [5.41, 5.74) is 2.41. The Hall–Kier alpha value is -2.86. The number of halogens is 1. The number of carbonyl (C=O) groups is 3. The van der Waals surface area contributed by atoms with Crippen molar-refractivity contribution in [3.8, 4) is 0 Å². The van der Waals surface area contributed by atoms with E-state index in [2.05, 4.69) is 10.6 Å². The smallest absolute Gasteiger partial charge is 0.226 e. The summed E-state index contributed by atoms with van der Waals surface area (Å²) in [6.45, 7) is 4.30. The summed E-state index contributed by atoms with van der Waals surface area (Å²) in [6.07, 6.45) is 0.611. The maximum Gasteiger partial charge on any atom is 0.226 e. The summed E-state index contributed by atoms with van der Waals surface area (Å²) in [5, 5.41) is 6.40. The fourth-order valence-corrected chi connectivity index (χ4v) is 4.11. The van der Waals surface area contributed by atoms with Crippen LogP contribution in [-0.2, 0) is 20.9 Å². The molecule has 1 aliphatic heterocycles. The molecule has 2 aromatic rings. The van der Waals surface area contributed by atoms with Crippen molar-refractivity contribution in [2.45, 2.75) is 39.3 Å². The third kappa shape index (κ3) is 5.85. The van der Waals surface area contributed by atoms with Crippen molar-refractivity contribution >= 4 is 35.0 Å². The average molecular weight is 442 g/mol. The van der Waals surface area contributed by atoms with Crippen LogP contribution in [0.15, 0.2) is 48.5 Å². The van der Waals surface area contributed by atoms with E-state index in [1.807, 2.05) is 50.2 Å². The van der Waals surface area contributed by atoms with Gasteiger partial charge in [-0.3, -0.25) is 14.4 Å². The van der Waals surface area contributed by atoms with Gasteiger partial charge in [0.05, 0.1) is 12.0 Å². The zero-order valence-electron chi connectivity index (χ0n) is 18.0. The van der Waals surface area contributed by atoms with E-state index in [4.69, 9.17) is 11.6 Å². The van der Waals surface area contributed by atoms with Crippen LogP contribution in [0, 0.1) is 11.8 Å². The quantitative estimate of drug-likeness (QED) is 0.677. The lowest BCUT2D eigenvalue weighted by molar-refractivity contribution is -0.128. The lowest BCUT2D eigenvalue weighted by atomic mass is 9.93. The Labute approximate surface area is 188 Å². The lowest BCUT2D eigenvalue weighted by Crippen LogP contribution is -2.34. The highest BCUT2D eigenvalue weighted by Crippen LogP contribution is 2.37. The number of nitrogens with zero attached hydrogens (tertiary/aromatic N) is 1. The molecule has 0 bridgehead atoms. The van der Waals surface area contributed by atoms with Crippen LogP contribution in [0.1, 0.15) is 43.9 Å². The molecule has 1 saturated heterocycles. The second-order valence-electron chi connectivity index (χ2n) is 8.38. The molecule has 3 rings (SSSR count). The SMILES string of the molecule is CC(C)CC(=O)Nc1cccc(CNC(=O)C2CC(=O)N(C)C2c2cccc(Cl)c2)c1. The van der Waals surface area contributed by atoms with Gasteiger partial charge in [-0.15, -0.1) is 0 Å². The molecule has 0 spiro atoms. The van der Waals surface area contributed by atoms with Gasteiger partial charge in [0.15, 0.2) is 0 Å². The van der Waals surface area contributed by atoms with Gasteiger partial charge in [0.25, 0.3) is 0 Å². The summed E-state index contributed by atoms with van der Waals surface area (Å²) in [5.74, 6) is -0.503. The van der Waals surface area contributed by atoms with Crippen LogP contribution in [0.4, 0.5) is 5.69 Å². The maximum absolute atomic E-state index is 13.0. The lowest BCUT2D eigenvalue weighted by Gasteiger charge is -2.25. The highest BCUT2D eigenvalue weighted by molar-refractivity contribution is 6.30. The molecule has 0 saturated carbocycles. The van der Waals surface area contributed by atoms with Gasteiger partial charge in [0, 0.05) is 37.1 Å². The second kappa shape index (κ2) is 9.96. The number of amides is 3. The summed E-state index contributed by atoms with van der Waals surface area (Å²) in [4.78, 5) is 38.9. The highest BCUT2D eigenvalue weighted by atomic mass is 35.5. The van der Waals surface area contributed by atoms with Crippen LogP contribution in [0.2, 0.25) is 5.02 Å². The summed E-state index contributed by atoms with van der Waals surface area (Å²) in [7, 11) is 1.71. The van der Waals surface area contributed by atoms with Crippen molar-refractivity contribution in [2.24, 2.45) is 11.8 Å². The molecule has 2 atom stereocenters. The molecule has 7 heteroatoms. The fourth-order valence-electron chi connectivity index (χ4n) is 3.91. The first kappa shape index (κ1) is 22.8. The number of nitrogens with one attached hydrogen (secondary N) is 2. The molecular weight excluding hydrogens is 414 g/mol. The topological polar surface area (TPSA) is 78.5 Å². The fraction of sp³-hybridized carbons (Fsp3) is 0.375. The molecule has 0 radical (unpaired) electrons. The van der Waals surface area contributed by atoms with E-state index in [0.29, 0.717) is 23.7 Å². The van der Waals surface area contributed by atoms with Gasteiger partial charge in [0.1, 0.15) is 0 Å². The first-order valence-corrected chi connectivity index (χ1v) is 10.8. The third-order valence-corrected chi connectivity index (χ3v) is 5.62. The second-order valence-corrected chi connectivity index (χ2v) is 8.82. The van der Waals surface area contributed by atoms with Crippen LogP contribution in [0.5, 0.6) is 0 Å². The summed E-state index contributed by atoms with van der Waals surface area (Å²) in [6, 6.07) is 14.3. The Morgan fingerprint density at radius 2 is 1.90 bits per heavy atom. The molecule has 1 heterocycles. The molecule has 31 heavy (non-hydrogen) atoms. The van der Waals surface area contributed by atoms with Crippen molar-refractivity contribution < 1.29 is 14.4 Å². The van der Waals surface area contributed by atoms with Crippen molar-refractivity contribution in [3.05, 3.63) is 64.7 Å². The van der Waals surface area contributed by atoms with E-state index in [1.54, 1.807) is 24.1 Å². The standard InChI is InChI=1S/C24H28ClN3O3/c1-15(2)10-21(29)27-19-9-4-6-16(11-19)14-26-24(31)20-13-22(30)28(3)23(20)17-7-5-8-18(25)12-17/h4-9,11-12,15,20,23H,10,13-14H2,1-3H3,(H,26,31)(H,27,29). The van der Waals surface area contributed by atoms with E-state index in [9.17, 15) is 14.4 Å². The Bertz CT molecular complexity index is 976. The third-order valence-electron chi connectivity index (χ3n) is 5.38. The minimum atomic E-state index is -0.495. The first-order chi connectivity index (χ1) is 14.7. The van der Waals surface area contributed by atoms with E-state index >= 15 is 0 Å². The van der Waals surface area contributed by atoms with Gasteiger partial charge in [-0.1, -0.05) is 49.7 Å². The van der Waals surface area contributed by atoms with Crippen LogP contribution in [-0.4, -0.2) is 29.7 Å². The Balaban J connectivity index is 1.66. The molecule has 1 fully saturated rings. The minimum absolute atomic E-state index is 0.0342. The van der Waals surface area contributed by atoms with E-state index < -0.39 is 5.92 Å². The van der Waals surface area contributed by atoms with Gasteiger partial charge >= 0.3 is 0 Å². The molecular formula is C24H28ClN3O3. The Morgan fingerprint density at radius 1 is 1.16 bits per heavy atom. The number of anilines is 1. The van der Waals surface area contributed by atoms with Crippen LogP contribution in [0.25, 0.3) is 0 Å². The molecule has 164 valence electrons. The summed E-state index contributed by atoms with van der Waals surface area (Å²) < 4.78 is 0. The number of carbonyl (C=O) groups excluding carboxylic acids is 3. The largest absolute Gasteiger partial charge is 0.352 e. The number of hydrogen-bond acceptors (Lipinski definition) is 3. The van der Waals surface area contributed by atoms with Crippen molar-refractivity contribution in [3.63, 3.8) is 0 Å². The molecule has 0 aliphatic carbocycles. The molecule has 2 N–H and O–H groups in total.